The van der Waals surface area contributed by atoms with Gasteiger partial charge in [-0.3, -0.25) is 19.5 Å². The van der Waals surface area contributed by atoms with Crippen LogP contribution in [0.25, 0.3) is 0 Å². The van der Waals surface area contributed by atoms with E-state index in [4.69, 9.17) is 0 Å². The van der Waals surface area contributed by atoms with E-state index in [0.717, 1.165) is 6.07 Å². The van der Waals surface area contributed by atoms with E-state index in [0.29, 0.717) is 5.56 Å². The Morgan fingerprint density at radius 3 is 2.65 bits per heavy atom. The summed E-state index contributed by atoms with van der Waals surface area (Å²) >= 11 is 0. The summed E-state index contributed by atoms with van der Waals surface area (Å²) in [6, 6.07) is 12.3. The molecule has 1 N–H and O–H groups in total. The number of hydrogen-bond donors (Lipinski definition) is 1. The molecule has 0 fully saturated rings. The first-order valence-corrected chi connectivity index (χ1v) is 8.87. The van der Waals surface area contributed by atoms with E-state index < -0.39 is 14.9 Å². The number of benzene rings is 2. The number of nitro benzene ring substituents is 1. The van der Waals surface area contributed by atoms with E-state index in [-0.39, 0.29) is 28.8 Å². The SMILES string of the molecule is O=[N+]([O-])c1cccc(S(=O)(=O)Nc2ccn(Cc3ccccc3F)n2)c1. The molecule has 1 heterocycles. The first-order chi connectivity index (χ1) is 12.3. The van der Waals surface area contributed by atoms with Crippen LogP contribution in [-0.4, -0.2) is 23.1 Å². The van der Waals surface area contributed by atoms with Crippen LogP contribution in [0.1, 0.15) is 5.56 Å². The third-order valence-corrected chi connectivity index (χ3v) is 4.86. The van der Waals surface area contributed by atoms with Crippen molar-refractivity contribution in [2.75, 3.05) is 4.72 Å². The van der Waals surface area contributed by atoms with E-state index in [1.165, 1.54) is 41.2 Å². The summed E-state index contributed by atoms with van der Waals surface area (Å²) in [7, 11) is -4.04. The van der Waals surface area contributed by atoms with Crippen LogP contribution >= 0.6 is 0 Å². The van der Waals surface area contributed by atoms with Gasteiger partial charge in [0.15, 0.2) is 5.82 Å². The van der Waals surface area contributed by atoms with Crippen molar-refractivity contribution in [1.82, 2.24) is 9.78 Å². The Morgan fingerprint density at radius 1 is 1.15 bits per heavy atom. The molecule has 0 aliphatic carbocycles. The van der Waals surface area contributed by atoms with Gasteiger partial charge in [0, 0.05) is 30.0 Å². The quantitative estimate of drug-likeness (QED) is 0.526. The molecule has 3 rings (SSSR count). The van der Waals surface area contributed by atoms with Crippen LogP contribution in [0.4, 0.5) is 15.9 Å². The third kappa shape index (κ3) is 3.86. The molecule has 0 radical (unpaired) electrons. The zero-order valence-electron chi connectivity index (χ0n) is 13.2. The Hall–Kier alpha value is -3.27. The lowest BCUT2D eigenvalue weighted by molar-refractivity contribution is -0.385. The molecule has 0 saturated carbocycles. The van der Waals surface area contributed by atoms with Crippen LogP contribution in [0.5, 0.6) is 0 Å². The number of nitrogens with one attached hydrogen (secondary N) is 1. The number of halogens is 1. The van der Waals surface area contributed by atoms with Gasteiger partial charge in [0.1, 0.15) is 5.82 Å². The van der Waals surface area contributed by atoms with Crippen LogP contribution in [0.2, 0.25) is 0 Å². The second kappa shape index (κ2) is 6.92. The Bertz CT molecular complexity index is 1070. The summed E-state index contributed by atoms with van der Waals surface area (Å²) < 4.78 is 42.0. The van der Waals surface area contributed by atoms with Gasteiger partial charge >= 0.3 is 0 Å². The van der Waals surface area contributed by atoms with Gasteiger partial charge in [-0.2, -0.15) is 5.10 Å². The normalized spacial score (nSPS) is 11.3. The molecule has 0 aliphatic rings. The summed E-state index contributed by atoms with van der Waals surface area (Å²) in [5, 5.41) is 14.8. The minimum atomic E-state index is -4.04. The van der Waals surface area contributed by atoms with Gasteiger partial charge in [-0.25, -0.2) is 12.8 Å². The van der Waals surface area contributed by atoms with E-state index in [2.05, 4.69) is 9.82 Å². The van der Waals surface area contributed by atoms with E-state index in [1.807, 2.05) is 0 Å². The zero-order valence-corrected chi connectivity index (χ0v) is 14.1. The molecule has 0 unspecified atom stereocenters. The Kier molecular flexibility index (Phi) is 4.67. The minimum absolute atomic E-state index is 0.0212. The van der Waals surface area contributed by atoms with E-state index in [1.54, 1.807) is 18.2 Å². The summed E-state index contributed by atoms with van der Waals surface area (Å²) in [4.78, 5) is 9.85. The number of anilines is 1. The summed E-state index contributed by atoms with van der Waals surface area (Å²) in [5.41, 5.74) is 0.0710. The van der Waals surface area contributed by atoms with Gasteiger partial charge in [-0.1, -0.05) is 24.3 Å². The van der Waals surface area contributed by atoms with Gasteiger partial charge in [-0.05, 0) is 12.1 Å². The molecule has 0 spiro atoms. The first kappa shape index (κ1) is 17.5. The molecule has 0 aliphatic heterocycles. The minimum Gasteiger partial charge on any atom is -0.266 e. The highest BCUT2D eigenvalue weighted by Gasteiger charge is 2.19. The maximum Gasteiger partial charge on any atom is 0.270 e. The van der Waals surface area contributed by atoms with Gasteiger partial charge in [0.2, 0.25) is 0 Å². The number of nitro groups is 1. The summed E-state index contributed by atoms with van der Waals surface area (Å²) in [6.45, 7) is 0.130. The van der Waals surface area contributed by atoms with Crippen LogP contribution in [0.3, 0.4) is 0 Å². The molecule has 3 aromatic rings. The number of hydrogen-bond acceptors (Lipinski definition) is 5. The lowest BCUT2D eigenvalue weighted by atomic mass is 10.2. The summed E-state index contributed by atoms with van der Waals surface area (Å²) in [5.74, 6) is -0.366. The maximum atomic E-state index is 13.7. The molecule has 26 heavy (non-hydrogen) atoms. The molecule has 0 saturated heterocycles. The van der Waals surface area contributed by atoms with E-state index in [9.17, 15) is 22.9 Å². The number of rotatable bonds is 6. The molecule has 0 amide bonds. The average molecular weight is 376 g/mol. The van der Waals surface area contributed by atoms with Crippen molar-refractivity contribution in [2.45, 2.75) is 11.4 Å². The fourth-order valence-corrected chi connectivity index (χ4v) is 3.30. The fraction of sp³-hybridized carbons (Fsp3) is 0.0625. The average Bonchev–Trinajstić information content (AvgIpc) is 3.03. The molecule has 0 atom stereocenters. The smallest absolute Gasteiger partial charge is 0.266 e. The predicted molar refractivity (Wildman–Crippen MR) is 91.6 cm³/mol. The largest absolute Gasteiger partial charge is 0.270 e. The van der Waals surface area contributed by atoms with Crippen LogP contribution in [-0.2, 0) is 16.6 Å². The monoisotopic (exact) mass is 376 g/mol. The van der Waals surface area contributed by atoms with Crippen molar-refractivity contribution in [3.05, 3.63) is 82.3 Å². The molecule has 10 heteroatoms. The van der Waals surface area contributed by atoms with Crippen LogP contribution < -0.4 is 4.72 Å². The van der Waals surface area contributed by atoms with Crippen molar-refractivity contribution < 1.29 is 17.7 Å². The Balaban J connectivity index is 1.79. The fourth-order valence-electron chi connectivity index (χ4n) is 2.27. The molecule has 2 aromatic carbocycles. The Morgan fingerprint density at radius 2 is 1.92 bits per heavy atom. The Labute approximate surface area is 148 Å². The third-order valence-electron chi connectivity index (χ3n) is 3.51. The molecule has 8 nitrogen and oxygen atoms in total. The van der Waals surface area contributed by atoms with Crippen molar-refractivity contribution in [3.63, 3.8) is 0 Å². The van der Waals surface area contributed by atoms with Crippen LogP contribution in [0, 0.1) is 15.9 Å². The lowest BCUT2D eigenvalue weighted by Crippen LogP contribution is -2.14. The standard InChI is InChI=1S/C16H13FN4O4S/c17-15-7-2-1-4-12(15)11-20-9-8-16(18-20)19-26(24,25)14-6-3-5-13(10-14)21(22)23/h1-10H,11H2,(H,18,19). The van der Waals surface area contributed by atoms with Gasteiger partial charge in [0.25, 0.3) is 15.7 Å². The second-order valence-corrected chi connectivity index (χ2v) is 7.03. The van der Waals surface area contributed by atoms with Gasteiger partial charge < -0.3 is 0 Å². The molecule has 134 valence electrons. The molecule has 0 bridgehead atoms. The number of non-ortho nitro benzene ring substituents is 1. The highest BCUT2D eigenvalue weighted by Crippen LogP contribution is 2.20. The van der Waals surface area contributed by atoms with Crippen molar-refractivity contribution in [3.8, 4) is 0 Å². The number of nitrogens with zero attached hydrogens (tertiary/aromatic N) is 3. The number of aromatic nitrogens is 2. The van der Waals surface area contributed by atoms with Crippen molar-refractivity contribution in [2.24, 2.45) is 0 Å². The highest BCUT2D eigenvalue weighted by atomic mass is 32.2. The molecule has 1 aromatic heterocycles. The van der Waals surface area contributed by atoms with Crippen LogP contribution in [0.15, 0.2) is 65.7 Å². The highest BCUT2D eigenvalue weighted by molar-refractivity contribution is 7.92. The molecular formula is C16H13FN4O4S. The van der Waals surface area contributed by atoms with Gasteiger partial charge in [0.05, 0.1) is 16.4 Å². The summed E-state index contributed by atoms with van der Waals surface area (Å²) in [6.07, 6.45) is 1.50. The number of sulfonamides is 1. The van der Waals surface area contributed by atoms with Crippen molar-refractivity contribution >= 4 is 21.5 Å². The first-order valence-electron chi connectivity index (χ1n) is 7.39. The van der Waals surface area contributed by atoms with Gasteiger partial charge in [-0.15, -0.1) is 0 Å². The second-order valence-electron chi connectivity index (χ2n) is 5.35. The predicted octanol–water partition coefficient (Wildman–Crippen LogP) is 2.78. The topological polar surface area (TPSA) is 107 Å². The molecular weight excluding hydrogens is 363 g/mol. The van der Waals surface area contributed by atoms with E-state index >= 15 is 0 Å². The lowest BCUT2D eigenvalue weighted by Gasteiger charge is -2.06. The zero-order chi connectivity index (χ0) is 18.7. The van der Waals surface area contributed by atoms with Crippen molar-refractivity contribution in [1.29, 1.82) is 0 Å². The maximum absolute atomic E-state index is 13.7.